The van der Waals surface area contributed by atoms with Crippen molar-refractivity contribution < 1.29 is 4.39 Å². The van der Waals surface area contributed by atoms with Gasteiger partial charge in [0.25, 0.3) is 0 Å². The van der Waals surface area contributed by atoms with Gasteiger partial charge >= 0.3 is 0 Å². The number of nitrogen functional groups attached to an aromatic ring is 1. The van der Waals surface area contributed by atoms with E-state index in [1.54, 1.807) is 41.2 Å². The molecule has 3 rings (SSSR count). The molecule has 3 aromatic rings. The normalized spacial score (nSPS) is 10.7. The van der Waals surface area contributed by atoms with Crippen molar-refractivity contribution >= 4 is 17.3 Å². The van der Waals surface area contributed by atoms with Crippen molar-refractivity contribution in [3.8, 4) is 16.9 Å². The summed E-state index contributed by atoms with van der Waals surface area (Å²) >= 11 is 5.88. The fraction of sp³-hybridized carbons (Fsp3) is 0. The number of hydrogen-bond acceptors (Lipinski definition) is 3. The Bertz CT molecular complexity index is 752. The molecule has 6 heteroatoms. The van der Waals surface area contributed by atoms with E-state index in [2.05, 4.69) is 10.3 Å². The van der Waals surface area contributed by atoms with Crippen LogP contribution in [0.2, 0.25) is 5.02 Å². The summed E-state index contributed by atoms with van der Waals surface area (Å²) < 4.78 is 14.5. The highest BCUT2D eigenvalue weighted by Gasteiger charge is 2.06. The molecule has 0 atom stereocenters. The van der Waals surface area contributed by atoms with E-state index in [1.807, 2.05) is 0 Å². The lowest BCUT2D eigenvalue weighted by Gasteiger charge is -2.02. The Morgan fingerprint density at radius 1 is 1.10 bits per heavy atom. The zero-order valence-corrected chi connectivity index (χ0v) is 11.0. The van der Waals surface area contributed by atoms with Crippen molar-refractivity contribution in [3.05, 3.63) is 59.5 Å². The Balaban J connectivity index is 1.97. The van der Waals surface area contributed by atoms with Crippen LogP contribution in [-0.4, -0.2) is 15.0 Å². The summed E-state index contributed by atoms with van der Waals surface area (Å²) in [5.74, 6) is -0.286. The molecule has 2 aromatic carbocycles. The van der Waals surface area contributed by atoms with Crippen LogP contribution in [0.4, 0.5) is 10.1 Å². The molecule has 100 valence electrons. The second kappa shape index (κ2) is 4.94. The first-order valence-corrected chi connectivity index (χ1v) is 6.25. The molecule has 0 saturated carbocycles. The fourth-order valence-electron chi connectivity index (χ4n) is 1.82. The van der Waals surface area contributed by atoms with Crippen molar-refractivity contribution in [1.29, 1.82) is 0 Å². The molecule has 0 radical (unpaired) electrons. The van der Waals surface area contributed by atoms with Gasteiger partial charge in [0.1, 0.15) is 11.5 Å². The summed E-state index contributed by atoms with van der Waals surface area (Å²) in [6.45, 7) is 0. The van der Waals surface area contributed by atoms with E-state index in [1.165, 1.54) is 12.1 Å². The molecule has 1 aromatic heterocycles. The molecule has 0 bridgehead atoms. The van der Waals surface area contributed by atoms with Crippen molar-refractivity contribution in [1.82, 2.24) is 15.0 Å². The van der Waals surface area contributed by atoms with Gasteiger partial charge in [-0.2, -0.15) is 0 Å². The molecule has 0 aliphatic heterocycles. The molecule has 0 aliphatic rings. The number of nitrogens with two attached hydrogens (primary N) is 1. The number of nitrogens with zero attached hydrogens (tertiary/aromatic N) is 3. The molecule has 0 amide bonds. The first kappa shape index (κ1) is 12.6. The van der Waals surface area contributed by atoms with Crippen LogP contribution in [-0.2, 0) is 0 Å². The van der Waals surface area contributed by atoms with Crippen LogP contribution in [0.1, 0.15) is 0 Å². The highest BCUT2D eigenvalue weighted by atomic mass is 35.5. The van der Waals surface area contributed by atoms with Gasteiger partial charge in [-0.05, 0) is 42.5 Å². The zero-order valence-electron chi connectivity index (χ0n) is 10.3. The smallest absolute Gasteiger partial charge is 0.123 e. The van der Waals surface area contributed by atoms with Gasteiger partial charge in [0.2, 0.25) is 0 Å². The largest absolute Gasteiger partial charge is 0.397 e. The molecule has 20 heavy (non-hydrogen) atoms. The number of halogens is 2. The van der Waals surface area contributed by atoms with Crippen molar-refractivity contribution in [2.24, 2.45) is 0 Å². The quantitative estimate of drug-likeness (QED) is 0.736. The molecular weight excluding hydrogens is 279 g/mol. The van der Waals surface area contributed by atoms with Crippen LogP contribution < -0.4 is 5.73 Å². The Morgan fingerprint density at radius 2 is 1.85 bits per heavy atom. The van der Waals surface area contributed by atoms with E-state index in [9.17, 15) is 4.39 Å². The van der Waals surface area contributed by atoms with E-state index in [-0.39, 0.29) is 5.82 Å². The summed E-state index contributed by atoms with van der Waals surface area (Å²) in [5.41, 5.74) is 8.43. The summed E-state index contributed by atoms with van der Waals surface area (Å²) in [6, 6.07) is 11.3. The third kappa shape index (κ3) is 2.35. The Hall–Kier alpha value is -2.40. The highest BCUT2D eigenvalue weighted by Crippen LogP contribution is 2.23. The molecule has 0 saturated heterocycles. The number of aromatic nitrogens is 3. The summed E-state index contributed by atoms with van der Waals surface area (Å²) in [5, 5.41) is 8.58. The number of rotatable bonds is 2. The lowest BCUT2D eigenvalue weighted by atomic mass is 10.2. The lowest BCUT2D eigenvalue weighted by molar-refractivity contribution is 0.628. The van der Waals surface area contributed by atoms with Crippen LogP contribution in [0, 0.1) is 5.82 Å². The van der Waals surface area contributed by atoms with Crippen LogP contribution in [0.3, 0.4) is 0 Å². The van der Waals surface area contributed by atoms with E-state index in [4.69, 9.17) is 17.3 Å². The van der Waals surface area contributed by atoms with Crippen LogP contribution in [0.15, 0.2) is 48.7 Å². The number of benzene rings is 2. The second-order valence-corrected chi connectivity index (χ2v) is 4.67. The molecular formula is C14H10ClFN4. The van der Waals surface area contributed by atoms with Gasteiger partial charge in [0, 0.05) is 5.56 Å². The van der Waals surface area contributed by atoms with E-state index in [0.717, 1.165) is 11.3 Å². The van der Waals surface area contributed by atoms with E-state index >= 15 is 0 Å². The first-order chi connectivity index (χ1) is 9.63. The van der Waals surface area contributed by atoms with Gasteiger partial charge in [-0.25, -0.2) is 9.07 Å². The maximum Gasteiger partial charge on any atom is 0.123 e. The van der Waals surface area contributed by atoms with Gasteiger partial charge < -0.3 is 5.73 Å². The minimum Gasteiger partial charge on any atom is -0.397 e. The Labute approximate surface area is 119 Å². The second-order valence-electron chi connectivity index (χ2n) is 4.26. The molecule has 2 N–H and O–H groups in total. The SMILES string of the molecule is Nc1cc(-n2cc(-c3ccc(F)cc3)nn2)ccc1Cl. The van der Waals surface area contributed by atoms with Crippen molar-refractivity contribution in [3.63, 3.8) is 0 Å². The molecule has 4 nitrogen and oxygen atoms in total. The van der Waals surface area contributed by atoms with Gasteiger partial charge in [-0.3, -0.25) is 0 Å². The van der Waals surface area contributed by atoms with Crippen LogP contribution in [0.25, 0.3) is 16.9 Å². The molecule has 0 aliphatic carbocycles. The minimum absolute atomic E-state index is 0.286. The Morgan fingerprint density at radius 3 is 2.55 bits per heavy atom. The monoisotopic (exact) mass is 288 g/mol. The molecule has 0 unspecified atom stereocenters. The van der Waals surface area contributed by atoms with Crippen LogP contribution in [0.5, 0.6) is 0 Å². The van der Waals surface area contributed by atoms with E-state index < -0.39 is 0 Å². The summed E-state index contributed by atoms with van der Waals surface area (Å²) in [6.07, 6.45) is 1.75. The predicted molar refractivity (Wildman–Crippen MR) is 76.2 cm³/mol. The molecule has 0 fully saturated rings. The van der Waals surface area contributed by atoms with Crippen LogP contribution >= 0.6 is 11.6 Å². The lowest BCUT2D eigenvalue weighted by Crippen LogP contribution is -1.96. The third-order valence-corrected chi connectivity index (χ3v) is 3.22. The van der Waals surface area contributed by atoms with Gasteiger partial charge in [-0.15, -0.1) is 5.10 Å². The Kier molecular flexibility index (Phi) is 3.12. The first-order valence-electron chi connectivity index (χ1n) is 5.87. The van der Waals surface area contributed by atoms with Crippen molar-refractivity contribution in [2.75, 3.05) is 5.73 Å². The van der Waals surface area contributed by atoms with Gasteiger partial charge in [0.15, 0.2) is 0 Å². The fourth-order valence-corrected chi connectivity index (χ4v) is 1.93. The average molecular weight is 289 g/mol. The predicted octanol–water partition coefficient (Wildman–Crippen LogP) is 3.31. The number of anilines is 1. The van der Waals surface area contributed by atoms with E-state index in [0.29, 0.717) is 16.4 Å². The van der Waals surface area contributed by atoms with Crippen molar-refractivity contribution in [2.45, 2.75) is 0 Å². The topological polar surface area (TPSA) is 56.7 Å². The van der Waals surface area contributed by atoms with Gasteiger partial charge in [-0.1, -0.05) is 16.8 Å². The standard InChI is InChI=1S/C14H10ClFN4/c15-12-6-5-11(7-13(12)17)20-8-14(18-19-20)9-1-3-10(16)4-2-9/h1-8H,17H2. The maximum atomic E-state index is 12.9. The molecule has 1 heterocycles. The number of hydrogen-bond donors (Lipinski definition) is 1. The maximum absolute atomic E-state index is 12.9. The summed E-state index contributed by atoms with van der Waals surface area (Å²) in [4.78, 5) is 0. The minimum atomic E-state index is -0.286. The zero-order chi connectivity index (χ0) is 14.1. The third-order valence-electron chi connectivity index (χ3n) is 2.88. The average Bonchev–Trinajstić information content (AvgIpc) is 2.92. The molecule has 0 spiro atoms. The summed E-state index contributed by atoms with van der Waals surface area (Å²) in [7, 11) is 0. The highest BCUT2D eigenvalue weighted by molar-refractivity contribution is 6.33. The van der Waals surface area contributed by atoms with Gasteiger partial charge in [0.05, 0.1) is 22.6 Å².